The number of alkyl halides is 2. The van der Waals surface area contributed by atoms with Crippen LogP contribution in [0.3, 0.4) is 0 Å². The molecule has 0 aliphatic carbocycles. The number of carbonyl (C=O) groups excluding carboxylic acids is 4. The number of amides is 3. The van der Waals surface area contributed by atoms with Gasteiger partial charge in [-0.25, -0.2) is 4.79 Å². The van der Waals surface area contributed by atoms with Crippen molar-refractivity contribution in [2.24, 2.45) is 11.8 Å². The molecule has 0 fully saturated rings. The lowest BCUT2D eigenvalue weighted by Gasteiger charge is -2.28. The Morgan fingerprint density at radius 1 is 0.796 bits per heavy atom. The fourth-order valence-electron chi connectivity index (χ4n) is 4.68. The number of carbonyl (C=O) groups is 4. The molecule has 0 aliphatic heterocycles. The molecular formula is C36H44F2N4O7. The van der Waals surface area contributed by atoms with Gasteiger partial charge in [-0.1, -0.05) is 76.2 Å². The van der Waals surface area contributed by atoms with Crippen LogP contribution in [-0.2, 0) is 43.5 Å². The lowest BCUT2D eigenvalue weighted by molar-refractivity contribution is -0.161. The minimum absolute atomic E-state index is 0.0504. The number of Topliss-reactive ketones (excluding diaryl/α,β-unsaturated/α-hetero) is 1. The van der Waals surface area contributed by atoms with Crippen LogP contribution in [-0.4, -0.2) is 66.4 Å². The number of ether oxygens (including phenoxy) is 3. The molecule has 0 radical (unpaired) electrons. The van der Waals surface area contributed by atoms with Gasteiger partial charge in [-0.05, 0) is 41.2 Å². The number of ketones is 1. The zero-order valence-corrected chi connectivity index (χ0v) is 28.3. The molecule has 11 nitrogen and oxygen atoms in total. The van der Waals surface area contributed by atoms with Crippen LogP contribution >= 0.6 is 0 Å². The Morgan fingerprint density at radius 3 is 2.06 bits per heavy atom. The van der Waals surface area contributed by atoms with E-state index >= 15 is 8.78 Å². The fourth-order valence-corrected chi connectivity index (χ4v) is 4.68. The smallest absolute Gasteiger partial charge is 0.408 e. The van der Waals surface area contributed by atoms with Gasteiger partial charge in [0.15, 0.2) is 0 Å². The summed E-state index contributed by atoms with van der Waals surface area (Å²) in [6.45, 7) is 6.79. The van der Waals surface area contributed by atoms with Crippen LogP contribution in [0.5, 0.6) is 5.75 Å². The minimum Gasteiger partial charge on any atom is -0.489 e. The van der Waals surface area contributed by atoms with Crippen LogP contribution in [0.15, 0.2) is 79.1 Å². The van der Waals surface area contributed by atoms with Crippen molar-refractivity contribution in [3.63, 3.8) is 0 Å². The van der Waals surface area contributed by atoms with E-state index < -0.39 is 53.7 Å². The van der Waals surface area contributed by atoms with Crippen molar-refractivity contribution in [1.29, 1.82) is 0 Å². The summed E-state index contributed by atoms with van der Waals surface area (Å²) < 4.78 is 47.2. The summed E-state index contributed by atoms with van der Waals surface area (Å²) in [6, 6.07) is 15.3. The second-order valence-electron chi connectivity index (χ2n) is 12.2. The van der Waals surface area contributed by atoms with E-state index in [-0.39, 0.29) is 25.6 Å². The predicted octanol–water partition coefficient (Wildman–Crippen LogP) is 4.63. The Hall–Kier alpha value is -4.91. The summed E-state index contributed by atoms with van der Waals surface area (Å²) in [6.07, 6.45) is 1.75. The van der Waals surface area contributed by atoms with E-state index in [4.69, 9.17) is 14.2 Å². The quantitative estimate of drug-likeness (QED) is 0.165. The van der Waals surface area contributed by atoms with Crippen molar-refractivity contribution in [1.82, 2.24) is 20.9 Å². The lowest BCUT2D eigenvalue weighted by atomic mass is 9.96. The summed E-state index contributed by atoms with van der Waals surface area (Å²) in [4.78, 5) is 56.3. The number of hydrogen-bond donors (Lipinski definition) is 3. The summed E-state index contributed by atoms with van der Waals surface area (Å²) in [5.41, 5.74) is 1.96. The fraction of sp³-hybridized carbons (Fsp3) is 0.417. The zero-order valence-electron chi connectivity index (χ0n) is 28.3. The largest absolute Gasteiger partial charge is 0.489 e. The molecule has 3 aromatic rings. The van der Waals surface area contributed by atoms with E-state index in [2.05, 4.69) is 20.9 Å². The SMILES string of the molecule is COC[C@H](NC(=O)C(F)(F)C(=O)C(Cc1ccc(OCc2ccccc2)cc1)NC(=O)[C@@H](NC(=O)OCc1cccnc1)C(C)C)C(C)C. The molecule has 0 bridgehead atoms. The second kappa shape index (κ2) is 18.6. The number of nitrogens with zero attached hydrogens (tertiary/aromatic N) is 1. The highest BCUT2D eigenvalue weighted by molar-refractivity contribution is 6.10. The monoisotopic (exact) mass is 682 g/mol. The van der Waals surface area contributed by atoms with Gasteiger partial charge in [0.2, 0.25) is 11.7 Å². The van der Waals surface area contributed by atoms with Crippen LogP contribution in [0.1, 0.15) is 44.4 Å². The van der Waals surface area contributed by atoms with Crippen LogP contribution in [0.4, 0.5) is 13.6 Å². The Morgan fingerprint density at radius 2 is 1.47 bits per heavy atom. The first kappa shape index (κ1) is 38.5. The third-order valence-corrected chi connectivity index (χ3v) is 7.62. The average Bonchev–Trinajstić information content (AvgIpc) is 3.09. The number of halogens is 2. The second-order valence-corrected chi connectivity index (χ2v) is 12.2. The molecule has 0 saturated heterocycles. The Balaban J connectivity index is 1.80. The summed E-state index contributed by atoms with van der Waals surface area (Å²) >= 11 is 0. The Bertz CT molecular complexity index is 1510. The van der Waals surface area contributed by atoms with E-state index in [1.165, 1.54) is 13.3 Å². The van der Waals surface area contributed by atoms with E-state index in [1.54, 1.807) is 70.3 Å². The molecule has 2 aromatic carbocycles. The van der Waals surface area contributed by atoms with Crippen LogP contribution in [0, 0.1) is 11.8 Å². The van der Waals surface area contributed by atoms with E-state index in [1.807, 2.05) is 30.3 Å². The Labute approximate surface area is 285 Å². The summed E-state index contributed by atoms with van der Waals surface area (Å²) in [5, 5.41) is 7.00. The molecule has 1 heterocycles. The average molecular weight is 683 g/mol. The summed E-state index contributed by atoms with van der Waals surface area (Å²) in [7, 11) is 1.36. The molecule has 0 saturated carbocycles. The molecule has 49 heavy (non-hydrogen) atoms. The molecule has 264 valence electrons. The number of alkyl carbamates (subject to hydrolysis) is 1. The first-order valence-corrected chi connectivity index (χ1v) is 15.9. The van der Waals surface area contributed by atoms with Crippen LogP contribution in [0.25, 0.3) is 0 Å². The van der Waals surface area contributed by atoms with Gasteiger partial charge in [-0.15, -0.1) is 0 Å². The van der Waals surface area contributed by atoms with Crippen molar-refractivity contribution < 1.29 is 42.2 Å². The number of benzene rings is 2. The predicted molar refractivity (Wildman–Crippen MR) is 178 cm³/mol. The van der Waals surface area contributed by atoms with Gasteiger partial charge in [-0.2, -0.15) is 8.78 Å². The number of rotatable bonds is 18. The highest BCUT2D eigenvalue weighted by Gasteiger charge is 2.51. The zero-order chi connectivity index (χ0) is 36.0. The van der Waals surface area contributed by atoms with Crippen molar-refractivity contribution in [2.75, 3.05) is 13.7 Å². The molecule has 0 spiro atoms. The number of pyridine rings is 1. The third kappa shape index (κ3) is 11.9. The molecule has 13 heteroatoms. The maximum Gasteiger partial charge on any atom is 0.408 e. The maximum atomic E-state index is 15.6. The molecule has 3 N–H and O–H groups in total. The molecule has 3 amide bonds. The van der Waals surface area contributed by atoms with Crippen molar-refractivity contribution in [3.05, 3.63) is 95.8 Å². The van der Waals surface area contributed by atoms with Crippen LogP contribution < -0.4 is 20.7 Å². The summed E-state index contributed by atoms with van der Waals surface area (Å²) in [5.74, 6) is -9.36. The molecule has 0 aliphatic rings. The van der Waals surface area contributed by atoms with E-state index in [0.29, 0.717) is 23.5 Å². The molecule has 3 rings (SSSR count). The van der Waals surface area contributed by atoms with Gasteiger partial charge >= 0.3 is 12.0 Å². The molecule has 1 aromatic heterocycles. The van der Waals surface area contributed by atoms with Crippen molar-refractivity contribution in [2.45, 2.75) is 71.4 Å². The normalized spacial score (nSPS) is 13.2. The van der Waals surface area contributed by atoms with E-state index in [0.717, 1.165) is 5.56 Å². The highest BCUT2D eigenvalue weighted by atomic mass is 19.3. The van der Waals surface area contributed by atoms with E-state index in [9.17, 15) is 19.2 Å². The standard InChI is InChI=1S/C36H44F2N4O7/c1-23(2)30(22-47-5)41-34(45)36(37,38)32(43)29(18-25-13-15-28(16-14-25)48-20-26-10-7-6-8-11-26)40-33(44)31(24(3)4)42-35(46)49-21-27-12-9-17-39-19-27/h6-17,19,23-24,29-31H,18,20-22H2,1-5H3,(H,40,44)(H,41,45)(H,42,46)/t29?,30-,31-/m0/s1. The van der Waals surface area contributed by atoms with Gasteiger partial charge in [0.1, 0.15) is 25.0 Å². The van der Waals surface area contributed by atoms with Crippen molar-refractivity contribution >= 4 is 23.7 Å². The third-order valence-electron chi connectivity index (χ3n) is 7.62. The molecule has 3 atom stereocenters. The molecular weight excluding hydrogens is 638 g/mol. The number of nitrogens with one attached hydrogen (secondary N) is 3. The minimum atomic E-state index is -4.51. The number of methoxy groups -OCH3 is 1. The topological polar surface area (TPSA) is 145 Å². The highest BCUT2D eigenvalue weighted by Crippen LogP contribution is 2.22. The first-order chi connectivity index (χ1) is 23.3. The van der Waals surface area contributed by atoms with Gasteiger partial charge in [0.25, 0.3) is 5.91 Å². The Kier molecular flexibility index (Phi) is 14.6. The number of aromatic nitrogens is 1. The van der Waals surface area contributed by atoms with Gasteiger partial charge in [0.05, 0.1) is 18.7 Å². The van der Waals surface area contributed by atoms with Crippen molar-refractivity contribution in [3.8, 4) is 5.75 Å². The van der Waals surface area contributed by atoms with Gasteiger partial charge in [-0.3, -0.25) is 19.4 Å². The number of hydrogen-bond acceptors (Lipinski definition) is 8. The van der Waals surface area contributed by atoms with Gasteiger partial charge in [0, 0.05) is 31.5 Å². The first-order valence-electron chi connectivity index (χ1n) is 15.9. The van der Waals surface area contributed by atoms with Crippen LogP contribution in [0.2, 0.25) is 0 Å². The maximum absolute atomic E-state index is 15.6. The van der Waals surface area contributed by atoms with Gasteiger partial charge < -0.3 is 30.2 Å². The lowest BCUT2D eigenvalue weighted by Crippen LogP contribution is -2.60. The molecule has 1 unspecified atom stereocenters.